The van der Waals surface area contributed by atoms with Gasteiger partial charge in [-0.25, -0.2) is 4.39 Å². The number of piperidine rings is 1. The molecule has 1 aliphatic rings. The lowest BCUT2D eigenvalue weighted by molar-refractivity contribution is 0.138. The van der Waals surface area contributed by atoms with E-state index in [2.05, 4.69) is 14.1 Å². The van der Waals surface area contributed by atoms with E-state index in [0.29, 0.717) is 11.4 Å². The summed E-state index contributed by atoms with van der Waals surface area (Å²) in [6.07, 6.45) is 2.08. The number of halogens is 1. The number of nitrogen functional groups attached to an aromatic ring is 1. The van der Waals surface area contributed by atoms with E-state index >= 15 is 0 Å². The van der Waals surface area contributed by atoms with Crippen LogP contribution in [0.15, 0.2) is 18.2 Å². The van der Waals surface area contributed by atoms with Crippen LogP contribution in [0.1, 0.15) is 20.3 Å². The van der Waals surface area contributed by atoms with Crippen LogP contribution in [0, 0.1) is 5.82 Å². The predicted octanol–water partition coefficient (Wildman–Crippen LogP) is 2.68. The third kappa shape index (κ3) is 4.14. The maximum atomic E-state index is 13.1. The third-order valence-corrected chi connectivity index (χ3v) is 3.19. The molecular formula is C12H20FN2OP. The van der Waals surface area contributed by atoms with E-state index in [-0.39, 0.29) is 19.3 Å². The molecule has 2 N–H and O–H groups in total. The number of ether oxygens (including phenoxy) is 1. The molecule has 17 heavy (non-hydrogen) atoms. The number of nitrogens with zero attached hydrogens (tertiary/aromatic N) is 1. The van der Waals surface area contributed by atoms with E-state index in [1.807, 2.05) is 0 Å². The second-order valence-electron chi connectivity index (χ2n) is 4.07. The van der Waals surface area contributed by atoms with E-state index in [1.54, 1.807) is 6.07 Å². The molecule has 1 fully saturated rings. The zero-order valence-corrected chi connectivity index (χ0v) is 10.2. The standard InChI is InChI=1S/C11H16FN2OP.CH4/c12-8-5-9(13)7-11(6-8)15-10-1-3-14(16)4-2-10;/h5-7,10H,1-4,13,16H2;1H4. The van der Waals surface area contributed by atoms with E-state index in [4.69, 9.17) is 10.5 Å². The van der Waals surface area contributed by atoms with Crippen LogP contribution in [0.25, 0.3) is 0 Å². The summed E-state index contributed by atoms with van der Waals surface area (Å²) < 4.78 is 21.0. The van der Waals surface area contributed by atoms with E-state index in [1.165, 1.54) is 12.1 Å². The number of nitrogens with two attached hydrogens (primary N) is 1. The molecule has 1 unspecified atom stereocenters. The summed E-state index contributed by atoms with van der Waals surface area (Å²) >= 11 is 0. The normalized spacial score (nSPS) is 17.5. The summed E-state index contributed by atoms with van der Waals surface area (Å²) in [5.41, 5.74) is 5.96. The predicted molar refractivity (Wildman–Crippen MR) is 72.5 cm³/mol. The van der Waals surface area contributed by atoms with Gasteiger partial charge in [-0.3, -0.25) is 4.67 Å². The van der Waals surface area contributed by atoms with Crippen molar-refractivity contribution in [2.75, 3.05) is 18.8 Å². The van der Waals surface area contributed by atoms with Crippen molar-refractivity contribution in [3.63, 3.8) is 0 Å². The van der Waals surface area contributed by atoms with Crippen molar-refractivity contribution in [2.24, 2.45) is 0 Å². The maximum Gasteiger partial charge on any atom is 0.128 e. The molecule has 1 atom stereocenters. The molecule has 1 heterocycles. The summed E-state index contributed by atoms with van der Waals surface area (Å²) in [7, 11) is 2.68. The molecule has 2 rings (SSSR count). The molecule has 3 nitrogen and oxygen atoms in total. The van der Waals surface area contributed by atoms with Gasteiger partial charge in [0.15, 0.2) is 0 Å². The second-order valence-corrected chi connectivity index (χ2v) is 4.80. The van der Waals surface area contributed by atoms with Crippen molar-refractivity contribution in [1.29, 1.82) is 0 Å². The molecule has 0 spiro atoms. The fraction of sp³-hybridized carbons (Fsp3) is 0.500. The molecule has 0 saturated carbocycles. The number of anilines is 1. The van der Waals surface area contributed by atoms with Gasteiger partial charge < -0.3 is 10.5 Å². The molecule has 96 valence electrons. The van der Waals surface area contributed by atoms with Gasteiger partial charge in [-0.15, -0.1) is 0 Å². The average molecular weight is 258 g/mol. The van der Waals surface area contributed by atoms with E-state index in [9.17, 15) is 4.39 Å². The monoisotopic (exact) mass is 258 g/mol. The number of hydrogen-bond donors (Lipinski definition) is 1. The molecule has 0 aliphatic carbocycles. The molecule has 0 aromatic heterocycles. The number of benzene rings is 1. The first-order valence-corrected chi connectivity index (χ1v) is 5.87. The SMILES string of the molecule is C.Nc1cc(F)cc(OC2CCN(P)CC2)c1. The first-order chi connectivity index (χ1) is 7.63. The van der Waals surface area contributed by atoms with E-state index < -0.39 is 0 Å². The highest BCUT2D eigenvalue weighted by Gasteiger charge is 2.18. The van der Waals surface area contributed by atoms with Gasteiger partial charge in [0.2, 0.25) is 0 Å². The molecule has 1 aromatic rings. The lowest BCUT2D eigenvalue weighted by Crippen LogP contribution is -2.32. The number of rotatable bonds is 2. The quantitative estimate of drug-likeness (QED) is 0.654. The molecule has 1 saturated heterocycles. The summed E-state index contributed by atoms with van der Waals surface area (Å²) in [5.74, 6) is 0.179. The lowest BCUT2D eigenvalue weighted by Gasteiger charge is -2.29. The van der Waals surface area contributed by atoms with Crippen molar-refractivity contribution in [3.05, 3.63) is 24.0 Å². The largest absolute Gasteiger partial charge is 0.490 e. The maximum absolute atomic E-state index is 13.1. The smallest absolute Gasteiger partial charge is 0.128 e. The Morgan fingerprint density at radius 2 is 1.94 bits per heavy atom. The van der Waals surface area contributed by atoms with Gasteiger partial charge in [-0.05, 0) is 18.9 Å². The van der Waals surface area contributed by atoms with Gasteiger partial charge in [0, 0.05) is 30.9 Å². The average Bonchev–Trinajstić information content (AvgIpc) is 2.20. The fourth-order valence-corrected chi connectivity index (χ4v) is 2.14. The molecule has 1 aliphatic heterocycles. The van der Waals surface area contributed by atoms with Crippen LogP contribution in [0.2, 0.25) is 0 Å². The van der Waals surface area contributed by atoms with Crippen LogP contribution in [0.4, 0.5) is 10.1 Å². The van der Waals surface area contributed by atoms with Crippen LogP contribution in [0.5, 0.6) is 5.75 Å². The highest BCUT2D eigenvalue weighted by atomic mass is 31.0. The van der Waals surface area contributed by atoms with Crippen LogP contribution in [-0.4, -0.2) is 23.9 Å². The Morgan fingerprint density at radius 1 is 1.29 bits per heavy atom. The topological polar surface area (TPSA) is 38.5 Å². The molecule has 0 amide bonds. The summed E-state index contributed by atoms with van der Waals surface area (Å²) in [5, 5.41) is 0. The zero-order chi connectivity index (χ0) is 11.5. The first-order valence-electron chi connectivity index (χ1n) is 5.36. The molecular weight excluding hydrogens is 238 g/mol. The van der Waals surface area contributed by atoms with E-state index in [0.717, 1.165) is 25.9 Å². The van der Waals surface area contributed by atoms with Crippen molar-refractivity contribution in [3.8, 4) is 5.75 Å². The Bertz CT molecular complexity index is 347. The minimum absolute atomic E-state index is 0. The summed E-state index contributed by atoms with van der Waals surface area (Å²) in [4.78, 5) is 0. The van der Waals surface area contributed by atoms with Gasteiger partial charge >= 0.3 is 0 Å². The minimum atomic E-state index is -0.349. The molecule has 1 aromatic carbocycles. The second kappa shape index (κ2) is 6.18. The van der Waals surface area contributed by atoms with Crippen LogP contribution in [0.3, 0.4) is 0 Å². The van der Waals surface area contributed by atoms with Crippen molar-refractivity contribution in [1.82, 2.24) is 4.67 Å². The van der Waals surface area contributed by atoms with Gasteiger partial charge in [0.1, 0.15) is 17.7 Å². The van der Waals surface area contributed by atoms with Crippen molar-refractivity contribution < 1.29 is 9.13 Å². The minimum Gasteiger partial charge on any atom is -0.490 e. The highest BCUT2D eigenvalue weighted by molar-refractivity contribution is 7.13. The number of hydrogen-bond acceptors (Lipinski definition) is 3. The molecule has 0 radical (unpaired) electrons. The van der Waals surface area contributed by atoms with Gasteiger partial charge in [0.25, 0.3) is 0 Å². The van der Waals surface area contributed by atoms with Gasteiger partial charge in [0.05, 0.1) is 0 Å². The highest BCUT2D eigenvalue weighted by Crippen LogP contribution is 2.23. The Kier molecular flexibility index (Phi) is 5.16. The Morgan fingerprint density at radius 3 is 2.53 bits per heavy atom. The molecule has 0 bridgehead atoms. The van der Waals surface area contributed by atoms with Crippen LogP contribution in [-0.2, 0) is 0 Å². The third-order valence-electron chi connectivity index (χ3n) is 2.67. The van der Waals surface area contributed by atoms with Gasteiger partial charge in [-0.2, -0.15) is 0 Å². The lowest BCUT2D eigenvalue weighted by atomic mass is 10.1. The van der Waals surface area contributed by atoms with Crippen molar-refractivity contribution >= 4 is 15.1 Å². The van der Waals surface area contributed by atoms with Crippen LogP contribution >= 0.6 is 9.39 Å². The Balaban J connectivity index is 0.00000144. The summed E-state index contributed by atoms with van der Waals surface area (Å²) in [6.45, 7) is 1.97. The Labute approximate surface area is 104 Å². The zero-order valence-electron chi connectivity index (χ0n) is 9.03. The van der Waals surface area contributed by atoms with Gasteiger partial charge in [-0.1, -0.05) is 16.8 Å². The fourth-order valence-electron chi connectivity index (χ4n) is 1.84. The van der Waals surface area contributed by atoms with Crippen molar-refractivity contribution in [2.45, 2.75) is 26.4 Å². The summed E-state index contributed by atoms with van der Waals surface area (Å²) in [6, 6.07) is 4.33. The Hall–Kier alpha value is -0.860. The van der Waals surface area contributed by atoms with Crippen LogP contribution < -0.4 is 10.5 Å². The first kappa shape index (κ1) is 14.2. The molecule has 5 heteroatoms.